The molecule has 3 nitrogen and oxygen atoms in total. The van der Waals surface area contributed by atoms with Crippen molar-refractivity contribution in [3.05, 3.63) is 64.7 Å². The zero-order chi connectivity index (χ0) is 14.1. The van der Waals surface area contributed by atoms with Gasteiger partial charge in [-0.15, -0.1) is 0 Å². The minimum absolute atomic E-state index is 0.141. The number of nitrogens with one attached hydrogen (secondary N) is 2. The molecular formula is C17H20N2O. The lowest BCUT2D eigenvalue weighted by atomic mass is 9.96. The molecule has 2 aromatic carbocycles. The minimum atomic E-state index is 0.141. The average Bonchev–Trinajstić information content (AvgIpc) is 2.89. The van der Waals surface area contributed by atoms with Crippen LogP contribution in [-0.4, -0.2) is 5.11 Å². The molecule has 0 saturated carbocycles. The van der Waals surface area contributed by atoms with E-state index in [9.17, 15) is 5.11 Å². The molecule has 3 rings (SSSR count). The first kappa shape index (κ1) is 13.2. The third-order valence-electron chi connectivity index (χ3n) is 3.94. The Morgan fingerprint density at radius 2 is 1.55 bits per heavy atom. The topological polar surface area (TPSA) is 44.3 Å². The Morgan fingerprint density at radius 1 is 0.900 bits per heavy atom. The van der Waals surface area contributed by atoms with E-state index >= 15 is 0 Å². The molecule has 20 heavy (non-hydrogen) atoms. The highest BCUT2D eigenvalue weighted by atomic mass is 16.3. The molecule has 2 unspecified atom stereocenters. The van der Waals surface area contributed by atoms with Gasteiger partial charge in [0.2, 0.25) is 0 Å². The molecule has 0 bridgehead atoms. The van der Waals surface area contributed by atoms with E-state index in [4.69, 9.17) is 0 Å². The van der Waals surface area contributed by atoms with Crippen LogP contribution in [-0.2, 0) is 0 Å². The molecule has 1 aliphatic heterocycles. The largest absolute Gasteiger partial charge is 0.508 e. The second-order valence-electron chi connectivity index (χ2n) is 5.60. The Morgan fingerprint density at radius 3 is 2.25 bits per heavy atom. The molecule has 1 heterocycles. The predicted molar refractivity (Wildman–Crippen MR) is 80.4 cm³/mol. The zero-order valence-electron chi connectivity index (χ0n) is 11.9. The van der Waals surface area contributed by atoms with Crippen LogP contribution in [0.4, 0.5) is 0 Å². The lowest BCUT2D eigenvalue weighted by molar-refractivity contribution is 0.453. The van der Waals surface area contributed by atoms with Crippen molar-refractivity contribution >= 4 is 0 Å². The minimum Gasteiger partial charge on any atom is -0.508 e. The number of rotatable bonds is 2. The van der Waals surface area contributed by atoms with Gasteiger partial charge in [-0.25, -0.2) is 10.9 Å². The highest BCUT2D eigenvalue weighted by molar-refractivity contribution is 5.39. The van der Waals surface area contributed by atoms with Gasteiger partial charge in [0.25, 0.3) is 0 Å². The molecule has 3 N–H and O–H groups in total. The SMILES string of the molecule is Cc1ccc(C2CC(c3ccc(C)cc3O)NN2)cc1. The van der Waals surface area contributed by atoms with Crippen molar-refractivity contribution in [3.8, 4) is 5.75 Å². The molecule has 1 saturated heterocycles. The quantitative estimate of drug-likeness (QED) is 0.783. The normalized spacial score (nSPS) is 22.1. The summed E-state index contributed by atoms with van der Waals surface area (Å²) in [7, 11) is 0. The molecule has 2 atom stereocenters. The van der Waals surface area contributed by atoms with Crippen LogP contribution < -0.4 is 10.9 Å². The van der Waals surface area contributed by atoms with E-state index in [2.05, 4.69) is 42.0 Å². The molecular weight excluding hydrogens is 248 g/mol. The van der Waals surface area contributed by atoms with E-state index in [1.54, 1.807) is 0 Å². The van der Waals surface area contributed by atoms with Crippen molar-refractivity contribution in [2.75, 3.05) is 0 Å². The van der Waals surface area contributed by atoms with Gasteiger partial charge in [-0.2, -0.15) is 0 Å². The maximum atomic E-state index is 10.1. The van der Waals surface area contributed by atoms with Gasteiger partial charge in [0.05, 0.1) is 6.04 Å². The zero-order valence-corrected chi connectivity index (χ0v) is 11.9. The Kier molecular flexibility index (Phi) is 3.47. The van der Waals surface area contributed by atoms with Crippen molar-refractivity contribution < 1.29 is 5.11 Å². The number of hydrazine groups is 1. The fourth-order valence-corrected chi connectivity index (χ4v) is 2.73. The lowest BCUT2D eigenvalue weighted by Crippen LogP contribution is -2.26. The summed E-state index contributed by atoms with van der Waals surface area (Å²) in [6, 6.07) is 14.9. The average molecular weight is 268 g/mol. The molecule has 0 radical (unpaired) electrons. The standard InChI is InChI=1S/C17H20N2O/c1-11-3-6-13(7-4-11)15-10-16(19-18-15)14-8-5-12(2)9-17(14)20/h3-9,15-16,18-20H,10H2,1-2H3. The first-order valence-corrected chi connectivity index (χ1v) is 7.00. The van der Waals surface area contributed by atoms with Crippen LogP contribution in [0.2, 0.25) is 0 Å². The highest BCUT2D eigenvalue weighted by Crippen LogP contribution is 2.35. The van der Waals surface area contributed by atoms with E-state index in [0.717, 1.165) is 17.5 Å². The summed E-state index contributed by atoms with van der Waals surface area (Å²) < 4.78 is 0. The third kappa shape index (κ3) is 2.55. The number of phenols is 1. The highest BCUT2D eigenvalue weighted by Gasteiger charge is 2.27. The number of aryl methyl sites for hydroxylation is 2. The second-order valence-corrected chi connectivity index (χ2v) is 5.60. The number of aromatic hydroxyl groups is 1. The first-order valence-electron chi connectivity index (χ1n) is 7.00. The number of phenolic OH excluding ortho intramolecular Hbond substituents is 1. The first-order chi connectivity index (χ1) is 9.63. The Balaban J connectivity index is 1.78. The summed E-state index contributed by atoms with van der Waals surface area (Å²) in [5.41, 5.74) is 11.2. The molecule has 0 aromatic heterocycles. The van der Waals surface area contributed by atoms with Crippen molar-refractivity contribution in [1.29, 1.82) is 0 Å². The van der Waals surface area contributed by atoms with Gasteiger partial charge in [-0.1, -0.05) is 42.0 Å². The Hall–Kier alpha value is -1.84. The molecule has 3 heteroatoms. The van der Waals surface area contributed by atoms with Gasteiger partial charge in [0, 0.05) is 11.6 Å². The molecule has 0 spiro atoms. The van der Waals surface area contributed by atoms with E-state index in [0.29, 0.717) is 5.75 Å². The lowest BCUT2D eigenvalue weighted by Gasteiger charge is -2.12. The van der Waals surface area contributed by atoms with Crippen LogP contribution in [0.15, 0.2) is 42.5 Å². The molecule has 104 valence electrons. The maximum Gasteiger partial charge on any atom is 0.120 e. The Bertz CT molecular complexity index is 607. The van der Waals surface area contributed by atoms with E-state index in [-0.39, 0.29) is 12.1 Å². The van der Waals surface area contributed by atoms with Crippen molar-refractivity contribution in [1.82, 2.24) is 10.9 Å². The van der Waals surface area contributed by atoms with Gasteiger partial charge >= 0.3 is 0 Å². The summed E-state index contributed by atoms with van der Waals surface area (Å²) in [4.78, 5) is 0. The van der Waals surface area contributed by atoms with Crippen molar-refractivity contribution in [2.24, 2.45) is 0 Å². The number of hydrogen-bond acceptors (Lipinski definition) is 3. The van der Waals surface area contributed by atoms with Gasteiger partial charge in [0.1, 0.15) is 5.75 Å². The van der Waals surface area contributed by atoms with Gasteiger partial charge in [0.15, 0.2) is 0 Å². The van der Waals surface area contributed by atoms with Crippen LogP contribution in [0.3, 0.4) is 0 Å². The molecule has 0 aliphatic carbocycles. The molecule has 1 fully saturated rings. The second kappa shape index (κ2) is 5.27. The Labute approximate surface area is 119 Å². The van der Waals surface area contributed by atoms with Gasteiger partial charge in [-0.05, 0) is 37.5 Å². The summed E-state index contributed by atoms with van der Waals surface area (Å²) in [6.07, 6.45) is 0.930. The smallest absolute Gasteiger partial charge is 0.120 e. The molecule has 1 aliphatic rings. The summed E-state index contributed by atoms with van der Waals surface area (Å²) in [6.45, 7) is 4.08. The van der Waals surface area contributed by atoms with E-state index in [1.165, 1.54) is 11.1 Å². The number of benzene rings is 2. The van der Waals surface area contributed by atoms with Crippen LogP contribution in [0.1, 0.15) is 40.8 Å². The van der Waals surface area contributed by atoms with Crippen LogP contribution >= 0.6 is 0 Å². The van der Waals surface area contributed by atoms with Crippen molar-refractivity contribution in [3.63, 3.8) is 0 Å². The summed E-state index contributed by atoms with van der Waals surface area (Å²) in [5, 5.41) is 10.1. The molecule has 0 amide bonds. The van der Waals surface area contributed by atoms with Crippen LogP contribution in [0, 0.1) is 13.8 Å². The maximum absolute atomic E-state index is 10.1. The third-order valence-corrected chi connectivity index (χ3v) is 3.94. The predicted octanol–water partition coefficient (Wildman–Crippen LogP) is 3.29. The fourth-order valence-electron chi connectivity index (χ4n) is 2.73. The summed E-state index contributed by atoms with van der Waals surface area (Å²) in [5.74, 6) is 0.369. The van der Waals surface area contributed by atoms with Crippen LogP contribution in [0.25, 0.3) is 0 Å². The summed E-state index contributed by atoms with van der Waals surface area (Å²) >= 11 is 0. The van der Waals surface area contributed by atoms with E-state index in [1.807, 2.05) is 25.1 Å². The monoisotopic (exact) mass is 268 g/mol. The van der Waals surface area contributed by atoms with Crippen molar-refractivity contribution in [2.45, 2.75) is 32.4 Å². The van der Waals surface area contributed by atoms with Crippen LogP contribution in [0.5, 0.6) is 5.75 Å². The number of hydrogen-bond donors (Lipinski definition) is 3. The molecule has 2 aromatic rings. The fraction of sp³-hybridized carbons (Fsp3) is 0.294. The van der Waals surface area contributed by atoms with Gasteiger partial charge < -0.3 is 5.11 Å². The van der Waals surface area contributed by atoms with E-state index < -0.39 is 0 Å². The van der Waals surface area contributed by atoms with Gasteiger partial charge in [-0.3, -0.25) is 0 Å².